The Hall–Kier alpha value is -0.520. The molecule has 1 aliphatic heterocycles. The SMILES string of the molecule is FC[C@H](c1ccc(Br)cc1F)N1CCNCC1. The van der Waals surface area contributed by atoms with Crippen molar-refractivity contribution in [2.24, 2.45) is 0 Å². The Morgan fingerprint density at radius 1 is 1.35 bits per heavy atom. The molecule has 17 heavy (non-hydrogen) atoms. The molecule has 0 spiro atoms. The highest BCUT2D eigenvalue weighted by Crippen LogP contribution is 2.26. The van der Waals surface area contributed by atoms with E-state index in [1.165, 1.54) is 6.07 Å². The lowest BCUT2D eigenvalue weighted by Crippen LogP contribution is -2.45. The molecule has 1 aromatic rings. The molecule has 0 radical (unpaired) electrons. The van der Waals surface area contributed by atoms with Gasteiger partial charge >= 0.3 is 0 Å². The van der Waals surface area contributed by atoms with Crippen LogP contribution in [0, 0.1) is 5.82 Å². The van der Waals surface area contributed by atoms with Crippen LogP contribution in [0.25, 0.3) is 0 Å². The quantitative estimate of drug-likeness (QED) is 0.923. The summed E-state index contributed by atoms with van der Waals surface area (Å²) in [5.41, 5.74) is 0.442. The molecule has 2 nitrogen and oxygen atoms in total. The van der Waals surface area contributed by atoms with E-state index in [0.717, 1.165) is 26.2 Å². The standard InChI is InChI=1S/C12H15BrF2N2/c13-9-1-2-10(11(15)7-9)12(8-14)17-5-3-16-4-6-17/h1-2,7,12,16H,3-6,8H2/t12-/m1/s1. The molecule has 5 heteroatoms. The van der Waals surface area contributed by atoms with Gasteiger partial charge in [0.15, 0.2) is 0 Å². The Morgan fingerprint density at radius 3 is 2.65 bits per heavy atom. The van der Waals surface area contributed by atoms with E-state index in [-0.39, 0.29) is 5.82 Å². The van der Waals surface area contributed by atoms with Gasteiger partial charge in [-0.25, -0.2) is 8.78 Å². The van der Waals surface area contributed by atoms with Crippen LogP contribution in [0.15, 0.2) is 22.7 Å². The first kappa shape index (κ1) is 12.9. The van der Waals surface area contributed by atoms with Crippen LogP contribution in [-0.2, 0) is 0 Å². The molecule has 2 rings (SSSR count). The van der Waals surface area contributed by atoms with E-state index in [9.17, 15) is 8.78 Å². The lowest BCUT2D eigenvalue weighted by Gasteiger charge is -2.33. The summed E-state index contributed by atoms with van der Waals surface area (Å²) in [4.78, 5) is 1.99. The number of nitrogens with one attached hydrogen (secondary N) is 1. The third-order valence-electron chi connectivity index (χ3n) is 3.06. The molecule has 0 unspecified atom stereocenters. The van der Waals surface area contributed by atoms with Crippen LogP contribution in [-0.4, -0.2) is 37.8 Å². The van der Waals surface area contributed by atoms with Gasteiger partial charge < -0.3 is 5.32 Å². The second-order valence-electron chi connectivity index (χ2n) is 4.12. The minimum Gasteiger partial charge on any atom is -0.314 e. The number of nitrogens with zero attached hydrogens (tertiary/aromatic N) is 1. The van der Waals surface area contributed by atoms with E-state index in [0.29, 0.717) is 10.0 Å². The van der Waals surface area contributed by atoms with E-state index < -0.39 is 12.7 Å². The van der Waals surface area contributed by atoms with Crippen molar-refractivity contribution in [3.63, 3.8) is 0 Å². The summed E-state index contributed by atoms with van der Waals surface area (Å²) >= 11 is 3.21. The number of alkyl halides is 1. The smallest absolute Gasteiger partial charge is 0.129 e. The predicted molar refractivity (Wildman–Crippen MR) is 67.3 cm³/mol. The molecule has 1 fully saturated rings. The number of benzene rings is 1. The van der Waals surface area contributed by atoms with Crippen LogP contribution in [0.4, 0.5) is 8.78 Å². The summed E-state index contributed by atoms with van der Waals surface area (Å²) in [5.74, 6) is -0.347. The minimum atomic E-state index is -0.557. The third kappa shape index (κ3) is 3.03. The number of piperazine rings is 1. The largest absolute Gasteiger partial charge is 0.314 e. The van der Waals surface area contributed by atoms with E-state index in [1.54, 1.807) is 12.1 Å². The van der Waals surface area contributed by atoms with Gasteiger partial charge in [-0.1, -0.05) is 22.0 Å². The van der Waals surface area contributed by atoms with Crippen molar-refractivity contribution >= 4 is 15.9 Å². The van der Waals surface area contributed by atoms with Gasteiger partial charge in [-0.05, 0) is 12.1 Å². The van der Waals surface area contributed by atoms with Gasteiger partial charge in [-0.2, -0.15) is 0 Å². The molecule has 1 N–H and O–H groups in total. The Kier molecular flexibility index (Phi) is 4.48. The van der Waals surface area contributed by atoms with E-state index in [1.807, 2.05) is 4.90 Å². The topological polar surface area (TPSA) is 15.3 Å². The third-order valence-corrected chi connectivity index (χ3v) is 3.55. The van der Waals surface area contributed by atoms with Gasteiger partial charge in [0.05, 0.1) is 6.04 Å². The average molecular weight is 305 g/mol. The highest BCUT2D eigenvalue weighted by molar-refractivity contribution is 9.10. The summed E-state index contributed by atoms with van der Waals surface area (Å²) in [6.45, 7) is 2.61. The van der Waals surface area contributed by atoms with Gasteiger partial charge in [0, 0.05) is 36.2 Å². The fourth-order valence-electron chi connectivity index (χ4n) is 2.14. The van der Waals surface area contributed by atoms with Crippen LogP contribution in [0.3, 0.4) is 0 Å². The molecule has 1 aromatic carbocycles. The van der Waals surface area contributed by atoms with Crippen LogP contribution in [0.2, 0.25) is 0 Å². The normalized spacial score (nSPS) is 19.2. The Bertz CT molecular complexity index is 381. The summed E-state index contributed by atoms with van der Waals surface area (Å²) in [6.07, 6.45) is 0. The van der Waals surface area contributed by atoms with Crippen molar-refractivity contribution in [1.82, 2.24) is 10.2 Å². The molecule has 1 aliphatic rings. The maximum atomic E-state index is 13.8. The number of hydrogen-bond donors (Lipinski definition) is 1. The molecule has 0 bridgehead atoms. The lowest BCUT2D eigenvalue weighted by atomic mass is 10.1. The summed E-state index contributed by atoms with van der Waals surface area (Å²) in [7, 11) is 0. The van der Waals surface area contributed by atoms with Crippen molar-refractivity contribution in [3.05, 3.63) is 34.1 Å². The monoisotopic (exact) mass is 304 g/mol. The first-order valence-electron chi connectivity index (χ1n) is 5.68. The summed E-state index contributed by atoms with van der Waals surface area (Å²) < 4.78 is 27.6. The second-order valence-corrected chi connectivity index (χ2v) is 5.04. The zero-order valence-corrected chi connectivity index (χ0v) is 11.0. The highest BCUT2D eigenvalue weighted by Gasteiger charge is 2.24. The summed E-state index contributed by atoms with van der Waals surface area (Å²) in [6, 6.07) is 4.33. The van der Waals surface area contributed by atoms with Gasteiger partial charge in [0.25, 0.3) is 0 Å². The number of hydrogen-bond acceptors (Lipinski definition) is 2. The number of halogens is 3. The Balaban J connectivity index is 2.21. The highest BCUT2D eigenvalue weighted by atomic mass is 79.9. The van der Waals surface area contributed by atoms with E-state index in [4.69, 9.17) is 0 Å². The molecule has 1 heterocycles. The van der Waals surface area contributed by atoms with Crippen LogP contribution < -0.4 is 5.32 Å². The van der Waals surface area contributed by atoms with Gasteiger partial charge in [-0.3, -0.25) is 4.90 Å². The number of rotatable bonds is 3. The molecule has 0 aromatic heterocycles. The second kappa shape index (κ2) is 5.89. The Labute approximate surface area is 108 Å². The predicted octanol–water partition coefficient (Wildman–Crippen LogP) is 2.50. The average Bonchev–Trinajstić information content (AvgIpc) is 2.34. The fraction of sp³-hybridized carbons (Fsp3) is 0.500. The molecular formula is C12H15BrF2N2. The van der Waals surface area contributed by atoms with Crippen LogP contribution in [0.1, 0.15) is 11.6 Å². The van der Waals surface area contributed by atoms with E-state index in [2.05, 4.69) is 21.2 Å². The van der Waals surface area contributed by atoms with Crippen LogP contribution in [0.5, 0.6) is 0 Å². The van der Waals surface area contributed by atoms with Crippen LogP contribution >= 0.6 is 15.9 Å². The molecule has 0 saturated carbocycles. The fourth-order valence-corrected chi connectivity index (χ4v) is 2.48. The molecule has 1 saturated heterocycles. The van der Waals surface area contributed by atoms with Crippen molar-refractivity contribution in [1.29, 1.82) is 0 Å². The van der Waals surface area contributed by atoms with Crippen molar-refractivity contribution in [3.8, 4) is 0 Å². The first-order valence-corrected chi connectivity index (χ1v) is 6.47. The van der Waals surface area contributed by atoms with Gasteiger partial charge in [0.1, 0.15) is 12.5 Å². The summed E-state index contributed by atoms with van der Waals surface area (Å²) in [5, 5.41) is 3.20. The van der Waals surface area contributed by atoms with Crippen molar-refractivity contribution in [2.75, 3.05) is 32.9 Å². The molecule has 94 valence electrons. The molecule has 0 amide bonds. The lowest BCUT2D eigenvalue weighted by molar-refractivity contribution is 0.144. The maximum absolute atomic E-state index is 13.8. The zero-order chi connectivity index (χ0) is 12.3. The Morgan fingerprint density at radius 2 is 2.06 bits per heavy atom. The van der Waals surface area contributed by atoms with Gasteiger partial charge in [0.2, 0.25) is 0 Å². The molecular weight excluding hydrogens is 290 g/mol. The minimum absolute atomic E-state index is 0.347. The first-order chi connectivity index (χ1) is 8.22. The molecule has 0 aliphatic carbocycles. The van der Waals surface area contributed by atoms with Crippen molar-refractivity contribution in [2.45, 2.75) is 6.04 Å². The van der Waals surface area contributed by atoms with Gasteiger partial charge in [-0.15, -0.1) is 0 Å². The van der Waals surface area contributed by atoms with E-state index >= 15 is 0 Å². The zero-order valence-electron chi connectivity index (χ0n) is 9.43. The maximum Gasteiger partial charge on any atom is 0.129 e. The molecule has 1 atom stereocenters. The van der Waals surface area contributed by atoms with Crippen molar-refractivity contribution < 1.29 is 8.78 Å².